The molecule has 3 aromatic rings. The summed E-state index contributed by atoms with van der Waals surface area (Å²) >= 11 is 1.84. The van der Waals surface area contributed by atoms with Crippen molar-refractivity contribution in [3.05, 3.63) is 48.9 Å². The molecule has 1 saturated heterocycles. The molecule has 1 unspecified atom stereocenters. The van der Waals surface area contributed by atoms with E-state index in [2.05, 4.69) is 20.3 Å². The Hall–Kier alpha value is -2.64. The molecule has 154 valence electrons. The zero-order valence-electron chi connectivity index (χ0n) is 16.8. The number of pyridine rings is 1. The lowest BCUT2D eigenvalue weighted by atomic mass is 10.0. The van der Waals surface area contributed by atoms with Crippen molar-refractivity contribution in [2.24, 2.45) is 11.8 Å². The van der Waals surface area contributed by atoms with Crippen molar-refractivity contribution in [1.29, 1.82) is 0 Å². The highest BCUT2D eigenvalue weighted by molar-refractivity contribution is 7.99. The van der Waals surface area contributed by atoms with E-state index in [1.54, 1.807) is 25.6 Å². The number of phenolic OH excluding ortho intramolecular Hbond substituents is 1. The molecule has 2 aromatic heterocycles. The number of fused-ring (bicyclic) bond motifs is 1. The van der Waals surface area contributed by atoms with Gasteiger partial charge in [0.05, 0.1) is 25.2 Å². The van der Waals surface area contributed by atoms with E-state index in [9.17, 15) is 5.11 Å². The van der Waals surface area contributed by atoms with Crippen LogP contribution < -0.4 is 10.1 Å². The second-order valence-electron chi connectivity index (χ2n) is 7.95. The van der Waals surface area contributed by atoms with Crippen molar-refractivity contribution in [3.63, 3.8) is 0 Å². The number of benzene rings is 1. The van der Waals surface area contributed by atoms with Gasteiger partial charge in [0.2, 0.25) is 5.88 Å². The summed E-state index contributed by atoms with van der Waals surface area (Å²) in [5.74, 6) is 2.36. The summed E-state index contributed by atoms with van der Waals surface area (Å²) in [7, 11) is 1.59. The van der Waals surface area contributed by atoms with Crippen LogP contribution in [0.3, 0.4) is 0 Å². The van der Waals surface area contributed by atoms with Gasteiger partial charge in [0, 0.05) is 23.1 Å². The maximum Gasteiger partial charge on any atom is 0.213 e. The molecule has 1 aliphatic heterocycles. The van der Waals surface area contributed by atoms with Gasteiger partial charge >= 0.3 is 0 Å². The number of rotatable bonds is 5. The molecule has 1 aliphatic carbocycles. The van der Waals surface area contributed by atoms with Crippen LogP contribution in [0.4, 0.5) is 0 Å². The number of nitrogens with one attached hydrogen (secondary N) is 1. The smallest absolute Gasteiger partial charge is 0.213 e. The lowest BCUT2D eigenvalue weighted by Gasteiger charge is -2.11. The minimum Gasteiger partial charge on any atom is -0.507 e. The van der Waals surface area contributed by atoms with Gasteiger partial charge in [-0.05, 0) is 67.1 Å². The number of aromatic nitrogens is 3. The van der Waals surface area contributed by atoms with E-state index in [1.165, 1.54) is 12.8 Å². The maximum atomic E-state index is 10.6. The van der Waals surface area contributed by atoms with E-state index in [-0.39, 0.29) is 5.75 Å². The van der Waals surface area contributed by atoms with Gasteiger partial charge in [-0.15, -0.1) is 11.8 Å². The van der Waals surface area contributed by atoms with E-state index in [1.807, 2.05) is 42.2 Å². The molecule has 1 aromatic carbocycles. The predicted octanol–water partition coefficient (Wildman–Crippen LogP) is 4.01. The molecule has 2 N–H and O–H groups in total. The van der Waals surface area contributed by atoms with Crippen LogP contribution in [0, 0.1) is 11.8 Å². The van der Waals surface area contributed by atoms with Crippen LogP contribution in [0.2, 0.25) is 0 Å². The van der Waals surface area contributed by atoms with Crippen LogP contribution in [0.5, 0.6) is 11.6 Å². The standard InChI is InChI=1S/C23H24N4O2S/c1-29-22-9-15(4-5-25-22)14-2-3-19(21(28)8-14)20-12-27-23(13-26-20)30-18-6-16-10-24-11-17(16)7-18/h2-5,8-9,12-13,16-18,24,28H,6-7,10-11H2,1H3/t16-,17+,18?. The number of hydrogen-bond acceptors (Lipinski definition) is 7. The predicted molar refractivity (Wildman–Crippen MR) is 118 cm³/mol. The fraction of sp³-hybridized carbons (Fsp3) is 0.348. The highest BCUT2D eigenvalue weighted by atomic mass is 32.2. The quantitative estimate of drug-likeness (QED) is 0.645. The molecular formula is C23H24N4O2S. The number of hydrogen-bond donors (Lipinski definition) is 2. The Morgan fingerprint density at radius 1 is 1.00 bits per heavy atom. The summed E-state index contributed by atoms with van der Waals surface area (Å²) in [6.07, 6.45) is 7.79. The second-order valence-corrected chi connectivity index (χ2v) is 9.27. The van der Waals surface area contributed by atoms with E-state index in [0.717, 1.165) is 41.1 Å². The van der Waals surface area contributed by atoms with Gasteiger partial charge in [-0.2, -0.15) is 0 Å². The lowest BCUT2D eigenvalue weighted by Crippen LogP contribution is -2.12. The van der Waals surface area contributed by atoms with Crippen LogP contribution in [-0.2, 0) is 0 Å². The van der Waals surface area contributed by atoms with E-state index < -0.39 is 0 Å². The summed E-state index contributed by atoms with van der Waals surface area (Å²) in [5.41, 5.74) is 3.16. The molecule has 3 atom stereocenters. The highest BCUT2D eigenvalue weighted by Crippen LogP contribution is 2.42. The molecule has 0 bridgehead atoms. The summed E-state index contributed by atoms with van der Waals surface area (Å²) in [4.78, 5) is 13.3. The van der Waals surface area contributed by atoms with Gasteiger partial charge in [0.1, 0.15) is 10.8 Å². The third-order valence-corrected chi connectivity index (χ3v) is 7.25. The Morgan fingerprint density at radius 3 is 2.50 bits per heavy atom. The van der Waals surface area contributed by atoms with E-state index in [4.69, 9.17) is 4.74 Å². The number of thioether (sulfide) groups is 1. The van der Waals surface area contributed by atoms with Gasteiger partial charge in [0.15, 0.2) is 0 Å². The van der Waals surface area contributed by atoms with Crippen molar-refractivity contribution >= 4 is 11.8 Å². The average molecular weight is 421 g/mol. The first-order valence-electron chi connectivity index (χ1n) is 10.2. The van der Waals surface area contributed by atoms with Gasteiger partial charge < -0.3 is 15.2 Å². The minimum atomic E-state index is 0.175. The Bertz CT molecular complexity index is 1030. The summed E-state index contributed by atoms with van der Waals surface area (Å²) in [6, 6.07) is 9.29. The first kappa shape index (κ1) is 19.3. The average Bonchev–Trinajstić information content (AvgIpc) is 3.36. The SMILES string of the molecule is COc1cc(-c2ccc(-c3cnc(SC4C[C@H]5CNC[C@H]5C4)cn3)c(O)c2)ccn1. The number of phenols is 1. The lowest BCUT2D eigenvalue weighted by molar-refractivity contribution is 0.398. The Kier molecular flexibility index (Phi) is 5.31. The third kappa shape index (κ3) is 3.87. The van der Waals surface area contributed by atoms with Crippen LogP contribution in [0.25, 0.3) is 22.4 Å². The molecule has 6 nitrogen and oxygen atoms in total. The Balaban J connectivity index is 1.30. The molecule has 7 heteroatoms. The Morgan fingerprint density at radius 2 is 1.80 bits per heavy atom. The summed E-state index contributed by atoms with van der Waals surface area (Å²) < 4.78 is 5.18. The van der Waals surface area contributed by atoms with Gasteiger partial charge in [0.25, 0.3) is 0 Å². The Labute approximate surface area is 180 Å². The molecule has 3 heterocycles. The van der Waals surface area contributed by atoms with Gasteiger partial charge in [-0.1, -0.05) is 6.07 Å². The van der Waals surface area contributed by atoms with Gasteiger partial charge in [-0.3, -0.25) is 4.98 Å². The largest absolute Gasteiger partial charge is 0.507 e. The van der Waals surface area contributed by atoms with E-state index >= 15 is 0 Å². The minimum absolute atomic E-state index is 0.175. The molecule has 30 heavy (non-hydrogen) atoms. The number of nitrogens with zero attached hydrogens (tertiary/aromatic N) is 3. The van der Waals surface area contributed by atoms with Crippen LogP contribution in [0.1, 0.15) is 12.8 Å². The number of aromatic hydroxyl groups is 1. The van der Waals surface area contributed by atoms with Crippen LogP contribution in [0.15, 0.2) is 53.9 Å². The first-order valence-corrected chi connectivity index (χ1v) is 11.1. The maximum absolute atomic E-state index is 10.6. The molecule has 1 saturated carbocycles. The molecule has 0 radical (unpaired) electrons. The van der Waals surface area contributed by atoms with Crippen LogP contribution in [-0.4, -0.2) is 45.5 Å². The van der Waals surface area contributed by atoms with Crippen molar-refractivity contribution < 1.29 is 9.84 Å². The second kappa shape index (κ2) is 8.24. The third-order valence-electron chi connectivity index (χ3n) is 6.08. The first-order chi connectivity index (χ1) is 14.7. The number of methoxy groups -OCH3 is 1. The molecule has 2 fully saturated rings. The van der Waals surface area contributed by atoms with Gasteiger partial charge in [-0.25, -0.2) is 9.97 Å². The van der Waals surface area contributed by atoms with Crippen LogP contribution >= 0.6 is 11.8 Å². The molecular weight excluding hydrogens is 396 g/mol. The number of ether oxygens (including phenoxy) is 1. The normalized spacial score (nSPS) is 22.8. The highest BCUT2D eigenvalue weighted by Gasteiger charge is 2.37. The monoisotopic (exact) mass is 420 g/mol. The van der Waals surface area contributed by atoms with Crippen molar-refractivity contribution in [2.45, 2.75) is 23.1 Å². The van der Waals surface area contributed by atoms with E-state index in [0.29, 0.717) is 22.4 Å². The van der Waals surface area contributed by atoms with Crippen molar-refractivity contribution in [3.8, 4) is 34.0 Å². The summed E-state index contributed by atoms with van der Waals surface area (Å²) in [6.45, 7) is 2.32. The zero-order valence-corrected chi connectivity index (χ0v) is 17.6. The molecule has 5 rings (SSSR count). The summed E-state index contributed by atoms with van der Waals surface area (Å²) in [5, 5.41) is 15.7. The molecule has 0 spiro atoms. The fourth-order valence-corrected chi connectivity index (χ4v) is 5.78. The van der Waals surface area contributed by atoms with Crippen molar-refractivity contribution in [1.82, 2.24) is 20.3 Å². The molecule has 2 aliphatic rings. The topological polar surface area (TPSA) is 80.2 Å². The fourth-order valence-electron chi connectivity index (χ4n) is 4.52. The zero-order chi connectivity index (χ0) is 20.5. The van der Waals surface area contributed by atoms with Crippen molar-refractivity contribution in [2.75, 3.05) is 20.2 Å². The molecule has 0 amide bonds.